The van der Waals surface area contributed by atoms with Crippen LogP contribution < -0.4 is 11.1 Å². The van der Waals surface area contributed by atoms with Gasteiger partial charge in [0.25, 0.3) is 5.91 Å². The summed E-state index contributed by atoms with van der Waals surface area (Å²) in [6.07, 6.45) is 0. The maximum atomic E-state index is 12.2. The number of nitrogen functional groups attached to an aromatic ring is 1. The first-order valence-electron chi connectivity index (χ1n) is 5.99. The summed E-state index contributed by atoms with van der Waals surface area (Å²) in [7, 11) is 0. The van der Waals surface area contributed by atoms with Gasteiger partial charge in [0.15, 0.2) is 0 Å². The maximum Gasteiger partial charge on any atom is 0.337 e. The molecule has 0 aliphatic carbocycles. The van der Waals surface area contributed by atoms with Crippen molar-refractivity contribution in [2.75, 3.05) is 11.1 Å². The number of amides is 1. The van der Waals surface area contributed by atoms with E-state index in [1.807, 2.05) is 19.1 Å². The van der Waals surface area contributed by atoms with Crippen LogP contribution in [0.15, 0.2) is 42.5 Å². The number of benzene rings is 2. The zero-order chi connectivity index (χ0) is 14.7. The average molecular weight is 270 g/mol. The van der Waals surface area contributed by atoms with Gasteiger partial charge in [0.2, 0.25) is 0 Å². The molecule has 102 valence electrons. The number of anilines is 2. The van der Waals surface area contributed by atoms with Crippen LogP contribution in [-0.2, 0) is 0 Å². The number of carboxylic acids is 1. The lowest BCUT2D eigenvalue weighted by Crippen LogP contribution is -2.16. The Labute approximate surface area is 116 Å². The Kier molecular flexibility index (Phi) is 3.70. The van der Waals surface area contributed by atoms with Gasteiger partial charge in [0.05, 0.1) is 11.3 Å². The van der Waals surface area contributed by atoms with E-state index in [1.165, 1.54) is 18.2 Å². The Morgan fingerprint density at radius 1 is 1.10 bits per heavy atom. The summed E-state index contributed by atoms with van der Waals surface area (Å²) in [5.41, 5.74) is 7.50. The van der Waals surface area contributed by atoms with Crippen molar-refractivity contribution in [1.82, 2.24) is 0 Å². The third-order valence-corrected chi connectivity index (χ3v) is 2.91. The van der Waals surface area contributed by atoms with Crippen molar-refractivity contribution in [1.29, 1.82) is 0 Å². The quantitative estimate of drug-likeness (QED) is 0.747. The number of nitrogens with one attached hydrogen (secondary N) is 1. The second-order valence-corrected chi connectivity index (χ2v) is 4.38. The van der Waals surface area contributed by atoms with Crippen LogP contribution in [0.2, 0.25) is 0 Å². The highest BCUT2D eigenvalue weighted by Crippen LogP contribution is 2.20. The summed E-state index contributed by atoms with van der Waals surface area (Å²) in [6.45, 7) is 1.81. The third-order valence-electron chi connectivity index (χ3n) is 2.91. The second-order valence-electron chi connectivity index (χ2n) is 4.38. The summed E-state index contributed by atoms with van der Waals surface area (Å²) in [4.78, 5) is 23.3. The van der Waals surface area contributed by atoms with Gasteiger partial charge in [-0.25, -0.2) is 4.79 Å². The number of carbonyl (C=O) groups is 2. The number of carbonyl (C=O) groups excluding carboxylic acids is 1. The fourth-order valence-corrected chi connectivity index (χ4v) is 1.87. The van der Waals surface area contributed by atoms with Gasteiger partial charge >= 0.3 is 5.97 Å². The first kappa shape index (κ1) is 13.6. The largest absolute Gasteiger partial charge is 0.478 e. The molecule has 2 aromatic rings. The molecule has 0 aliphatic heterocycles. The van der Waals surface area contributed by atoms with Crippen LogP contribution in [0.4, 0.5) is 11.4 Å². The van der Waals surface area contributed by atoms with E-state index < -0.39 is 5.97 Å². The van der Waals surface area contributed by atoms with Crippen LogP contribution in [0, 0.1) is 6.92 Å². The standard InChI is InChI=1S/C15H14N2O3/c1-9-4-2-3-5-11(9)14(18)17-13-8-10(16)6-7-12(13)15(19)20/h2-8H,16H2,1H3,(H,17,18)(H,19,20). The van der Waals surface area contributed by atoms with Gasteiger partial charge in [-0.05, 0) is 36.8 Å². The highest BCUT2D eigenvalue weighted by atomic mass is 16.4. The summed E-state index contributed by atoms with van der Waals surface area (Å²) in [5, 5.41) is 11.7. The number of aromatic carboxylic acids is 1. The normalized spacial score (nSPS) is 10.1. The fourth-order valence-electron chi connectivity index (χ4n) is 1.87. The molecule has 0 heterocycles. The van der Waals surface area contributed by atoms with E-state index in [0.29, 0.717) is 11.3 Å². The molecule has 0 spiro atoms. The van der Waals surface area contributed by atoms with Gasteiger partial charge in [0.1, 0.15) is 0 Å². The molecular weight excluding hydrogens is 256 g/mol. The minimum absolute atomic E-state index is 0.00105. The van der Waals surface area contributed by atoms with E-state index in [2.05, 4.69) is 5.32 Å². The molecule has 0 radical (unpaired) electrons. The Morgan fingerprint density at radius 3 is 2.45 bits per heavy atom. The number of rotatable bonds is 3. The van der Waals surface area contributed by atoms with E-state index >= 15 is 0 Å². The molecule has 0 fully saturated rings. The molecule has 20 heavy (non-hydrogen) atoms. The number of carboxylic acid groups (broad SMARTS) is 1. The number of nitrogens with two attached hydrogens (primary N) is 1. The first-order valence-corrected chi connectivity index (χ1v) is 5.99. The van der Waals surface area contributed by atoms with Crippen molar-refractivity contribution < 1.29 is 14.7 Å². The molecule has 0 aromatic heterocycles. The van der Waals surface area contributed by atoms with Crippen molar-refractivity contribution >= 4 is 23.3 Å². The molecule has 5 nitrogen and oxygen atoms in total. The van der Waals surface area contributed by atoms with E-state index in [9.17, 15) is 9.59 Å². The molecule has 2 aromatic carbocycles. The molecule has 0 atom stereocenters. The molecule has 5 heteroatoms. The molecule has 2 rings (SSSR count). The van der Waals surface area contributed by atoms with Crippen molar-refractivity contribution in [3.05, 3.63) is 59.2 Å². The third kappa shape index (κ3) is 2.77. The van der Waals surface area contributed by atoms with Gasteiger partial charge in [-0.2, -0.15) is 0 Å². The van der Waals surface area contributed by atoms with Crippen LogP contribution in [0.3, 0.4) is 0 Å². The van der Waals surface area contributed by atoms with Gasteiger partial charge < -0.3 is 16.2 Å². The molecule has 0 unspecified atom stereocenters. The Hall–Kier alpha value is -2.82. The maximum absolute atomic E-state index is 12.2. The van der Waals surface area contributed by atoms with Gasteiger partial charge in [-0.1, -0.05) is 18.2 Å². The molecule has 0 saturated carbocycles. The molecule has 1 amide bonds. The number of aryl methyl sites for hydroxylation is 1. The zero-order valence-electron chi connectivity index (χ0n) is 10.9. The predicted octanol–water partition coefficient (Wildman–Crippen LogP) is 2.53. The lowest BCUT2D eigenvalue weighted by Gasteiger charge is -2.10. The first-order chi connectivity index (χ1) is 9.49. The zero-order valence-corrected chi connectivity index (χ0v) is 10.9. The summed E-state index contributed by atoms with van der Waals surface area (Å²) >= 11 is 0. The summed E-state index contributed by atoms with van der Waals surface area (Å²) in [6, 6.07) is 11.3. The van der Waals surface area contributed by atoms with Crippen molar-refractivity contribution in [3.8, 4) is 0 Å². The summed E-state index contributed by atoms with van der Waals surface area (Å²) in [5.74, 6) is -1.48. The Bertz CT molecular complexity index is 681. The molecule has 0 aliphatic rings. The SMILES string of the molecule is Cc1ccccc1C(=O)Nc1cc(N)ccc1C(=O)O. The van der Waals surface area contributed by atoms with Crippen LogP contribution >= 0.6 is 0 Å². The molecule has 0 saturated heterocycles. The van der Waals surface area contributed by atoms with Gasteiger partial charge in [-0.15, -0.1) is 0 Å². The highest BCUT2D eigenvalue weighted by molar-refractivity contribution is 6.08. The molecule has 4 N–H and O–H groups in total. The van der Waals surface area contributed by atoms with Gasteiger partial charge in [-0.3, -0.25) is 4.79 Å². The smallest absolute Gasteiger partial charge is 0.337 e. The topological polar surface area (TPSA) is 92.4 Å². The van der Waals surface area contributed by atoms with Gasteiger partial charge in [0, 0.05) is 11.3 Å². The Morgan fingerprint density at radius 2 is 1.80 bits per heavy atom. The average Bonchev–Trinajstić information content (AvgIpc) is 2.38. The fraction of sp³-hybridized carbons (Fsp3) is 0.0667. The van der Waals surface area contributed by atoms with Crippen LogP contribution in [0.25, 0.3) is 0 Å². The second kappa shape index (κ2) is 5.44. The summed E-state index contributed by atoms with van der Waals surface area (Å²) < 4.78 is 0. The predicted molar refractivity (Wildman–Crippen MR) is 76.9 cm³/mol. The van der Waals surface area contributed by atoms with Crippen LogP contribution in [0.1, 0.15) is 26.3 Å². The van der Waals surface area contributed by atoms with Crippen LogP contribution in [-0.4, -0.2) is 17.0 Å². The van der Waals surface area contributed by atoms with E-state index in [-0.39, 0.29) is 17.2 Å². The molecule has 0 bridgehead atoms. The lowest BCUT2D eigenvalue weighted by molar-refractivity contribution is 0.0698. The van der Waals surface area contributed by atoms with Crippen molar-refractivity contribution in [2.45, 2.75) is 6.92 Å². The number of hydrogen-bond acceptors (Lipinski definition) is 3. The van der Waals surface area contributed by atoms with Crippen LogP contribution in [0.5, 0.6) is 0 Å². The van der Waals surface area contributed by atoms with E-state index in [4.69, 9.17) is 10.8 Å². The Balaban J connectivity index is 2.35. The minimum Gasteiger partial charge on any atom is -0.478 e. The van der Waals surface area contributed by atoms with E-state index in [0.717, 1.165) is 5.56 Å². The molecular formula is C15H14N2O3. The lowest BCUT2D eigenvalue weighted by atomic mass is 10.1. The van der Waals surface area contributed by atoms with Crippen molar-refractivity contribution in [2.24, 2.45) is 0 Å². The highest BCUT2D eigenvalue weighted by Gasteiger charge is 2.14. The van der Waals surface area contributed by atoms with Crippen molar-refractivity contribution in [3.63, 3.8) is 0 Å². The van der Waals surface area contributed by atoms with E-state index in [1.54, 1.807) is 12.1 Å². The minimum atomic E-state index is -1.12. The monoisotopic (exact) mass is 270 g/mol. The number of hydrogen-bond donors (Lipinski definition) is 3.